The van der Waals surface area contributed by atoms with Crippen molar-refractivity contribution >= 4 is 41.0 Å². The van der Waals surface area contributed by atoms with Gasteiger partial charge in [0.15, 0.2) is 0 Å². The smallest absolute Gasteiger partial charge is 0.263 e. The maximum atomic E-state index is 14.2. The Morgan fingerprint density at radius 1 is 0.952 bits per heavy atom. The lowest BCUT2D eigenvalue weighted by molar-refractivity contribution is 0.0653. The number of hydrogen-bond donors (Lipinski definition) is 2. The van der Waals surface area contributed by atoms with Crippen LogP contribution in [0.4, 0.5) is 5.95 Å². The van der Waals surface area contributed by atoms with Crippen molar-refractivity contribution in [3.05, 3.63) is 121 Å². The predicted molar refractivity (Wildman–Crippen MR) is 166 cm³/mol. The van der Waals surface area contributed by atoms with E-state index in [1.54, 1.807) is 59.0 Å². The second-order valence-corrected chi connectivity index (χ2v) is 11.7. The average molecular weight is 605 g/mol. The molecule has 0 radical (unpaired) electrons. The molecule has 4 aromatic rings. The Morgan fingerprint density at radius 3 is 2.26 bits per heavy atom. The highest BCUT2D eigenvalue weighted by Crippen LogP contribution is 2.30. The van der Waals surface area contributed by atoms with Gasteiger partial charge in [-0.05, 0) is 75.2 Å². The van der Waals surface area contributed by atoms with Gasteiger partial charge < -0.3 is 15.5 Å². The first-order valence-electron chi connectivity index (χ1n) is 13.6. The van der Waals surface area contributed by atoms with E-state index in [1.807, 2.05) is 51.1 Å². The number of halogens is 2. The number of aromatic nitrogens is 2. The molecule has 1 aliphatic rings. The van der Waals surface area contributed by atoms with E-state index in [-0.39, 0.29) is 30.0 Å². The van der Waals surface area contributed by atoms with Gasteiger partial charge in [0.05, 0.1) is 33.5 Å². The first-order valence-corrected chi connectivity index (χ1v) is 14.3. The van der Waals surface area contributed by atoms with Crippen LogP contribution in [0.2, 0.25) is 10.0 Å². The Bertz CT molecular complexity index is 1720. The van der Waals surface area contributed by atoms with Crippen LogP contribution in [0.15, 0.2) is 77.6 Å². The molecule has 2 N–H and O–H groups in total. The van der Waals surface area contributed by atoms with E-state index in [1.165, 1.54) is 0 Å². The second kappa shape index (κ2) is 11.6. The molecule has 0 saturated carbocycles. The summed E-state index contributed by atoms with van der Waals surface area (Å²) in [6, 6.07) is 21.2. The molecule has 2 amide bonds. The third-order valence-corrected chi connectivity index (χ3v) is 8.31. The predicted octanol–water partition coefficient (Wildman–Crippen LogP) is 5.83. The van der Waals surface area contributed by atoms with Gasteiger partial charge in [0.25, 0.3) is 17.4 Å². The maximum absolute atomic E-state index is 14.2. The van der Waals surface area contributed by atoms with E-state index in [4.69, 9.17) is 28.2 Å². The van der Waals surface area contributed by atoms with Crippen molar-refractivity contribution in [2.24, 2.45) is 0 Å². The molecule has 3 aromatic carbocycles. The van der Waals surface area contributed by atoms with Gasteiger partial charge in [-0.1, -0.05) is 53.5 Å². The van der Waals surface area contributed by atoms with Crippen LogP contribution in [-0.2, 0) is 18.5 Å². The topological polar surface area (TPSA) is 96.3 Å². The van der Waals surface area contributed by atoms with Crippen LogP contribution in [0, 0.1) is 0 Å². The Hall–Kier alpha value is -4.14. The number of nitrogens with zero attached hydrogens (tertiary/aromatic N) is 3. The number of fused-ring (bicyclic) bond motifs is 1. The molecule has 0 unspecified atom stereocenters. The van der Waals surface area contributed by atoms with Gasteiger partial charge >= 0.3 is 0 Å². The van der Waals surface area contributed by atoms with Crippen LogP contribution in [0.1, 0.15) is 58.3 Å². The Labute approximate surface area is 254 Å². The summed E-state index contributed by atoms with van der Waals surface area (Å²) < 4.78 is 1.54. The van der Waals surface area contributed by atoms with Gasteiger partial charge in [0, 0.05) is 29.8 Å². The van der Waals surface area contributed by atoms with Gasteiger partial charge in [-0.25, -0.2) is 9.55 Å². The third-order valence-electron chi connectivity index (χ3n) is 7.58. The molecule has 1 aliphatic heterocycles. The van der Waals surface area contributed by atoms with Crippen molar-refractivity contribution in [2.45, 2.75) is 45.3 Å². The zero-order valence-corrected chi connectivity index (χ0v) is 25.3. The number of carbonyl (C=O) groups excluding carboxylic acids is 2. The van der Waals surface area contributed by atoms with E-state index in [2.05, 4.69) is 10.6 Å². The highest BCUT2D eigenvalue weighted by molar-refractivity contribution is 6.42. The Morgan fingerprint density at radius 2 is 1.62 bits per heavy atom. The fourth-order valence-corrected chi connectivity index (χ4v) is 5.46. The van der Waals surface area contributed by atoms with Gasteiger partial charge in [-0.15, -0.1) is 0 Å². The first kappa shape index (κ1) is 29.4. The van der Waals surface area contributed by atoms with Crippen LogP contribution < -0.4 is 16.2 Å². The highest BCUT2D eigenvalue weighted by atomic mass is 35.5. The Balaban J connectivity index is 1.60. The summed E-state index contributed by atoms with van der Waals surface area (Å²) in [5, 5.41) is 6.75. The fourth-order valence-electron chi connectivity index (χ4n) is 5.16. The molecular weight excluding hydrogens is 573 g/mol. The summed E-state index contributed by atoms with van der Waals surface area (Å²) in [4.78, 5) is 46.5. The second-order valence-electron chi connectivity index (χ2n) is 10.9. The molecule has 1 atom stereocenters. The van der Waals surface area contributed by atoms with Crippen LogP contribution in [0.3, 0.4) is 0 Å². The number of benzene rings is 3. The zero-order valence-electron chi connectivity index (χ0n) is 23.7. The number of rotatable bonds is 6. The molecule has 1 aromatic heterocycles. The lowest BCUT2D eigenvalue weighted by Crippen LogP contribution is -2.46. The van der Waals surface area contributed by atoms with Crippen molar-refractivity contribution in [3.63, 3.8) is 0 Å². The van der Waals surface area contributed by atoms with E-state index < -0.39 is 5.54 Å². The molecule has 0 spiro atoms. The number of nitrogens with one attached hydrogen (secondary N) is 2. The fraction of sp³-hybridized carbons (Fsp3) is 0.250. The van der Waals surface area contributed by atoms with Crippen molar-refractivity contribution in [3.8, 4) is 5.69 Å². The standard InChI is InChI=1S/C32H31Cl2N5O3/c1-19-16-24-27(18-38(19)29(41)21-12-15-25(33)26(34)17-21)36-31(37-32(2,3)22-8-6-5-7-9-22)39(30(24)42)23-13-10-20(11-14-23)28(40)35-4/h5-15,17,19H,16,18H2,1-4H3,(H,35,40)(H,36,37)/t19-/m1/s1. The molecule has 216 valence electrons. The van der Waals surface area contributed by atoms with Gasteiger partial charge in [-0.3, -0.25) is 14.4 Å². The molecule has 0 fully saturated rings. The summed E-state index contributed by atoms with van der Waals surface area (Å²) >= 11 is 12.3. The molecule has 8 nitrogen and oxygen atoms in total. The normalized spacial score (nSPS) is 14.7. The van der Waals surface area contributed by atoms with Crippen LogP contribution in [-0.4, -0.2) is 39.4 Å². The molecule has 10 heteroatoms. The summed E-state index contributed by atoms with van der Waals surface area (Å²) in [7, 11) is 1.57. The quantitative estimate of drug-likeness (QED) is 0.289. The zero-order chi connectivity index (χ0) is 30.2. The molecule has 0 saturated heterocycles. The van der Waals surface area contributed by atoms with Crippen molar-refractivity contribution in [1.29, 1.82) is 0 Å². The maximum Gasteiger partial charge on any atom is 0.263 e. The van der Waals surface area contributed by atoms with Gasteiger partial charge in [-0.2, -0.15) is 0 Å². The SMILES string of the molecule is CNC(=O)c1ccc(-n2c(NC(C)(C)c3ccccc3)nc3c(c2=O)C[C@@H](C)N(C(=O)c2ccc(Cl)c(Cl)c2)C3)cc1. The number of anilines is 1. The van der Waals surface area contributed by atoms with Gasteiger partial charge in [0.2, 0.25) is 5.95 Å². The number of hydrogen-bond acceptors (Lipinski definition) is 5. The summed E-state index contributed by atoms with van der Waals surface area (Å²) in [5.41, 5.74) is 2.69. The van der Waals surface area contributed by atoms with Crippen LogP contribution in [0.5, 0.6) is 0 Å². The lowest BCUT2D eigenvalue weighted by atomic mass is 9.94. The van der Waals surface area contributed by atoms with Crippen molar-refractivity contribution < 1.29 is 9.59 Å². The van der Waals surface area contributed by atoms with E-state index in [9.17, 15) is 14.4 Å². The Kier molecular flexibility index (Phi) is 8.12. The average Bonchev–Trinajstić information content (AvgIpc) is 2.98. The summed E-state index contributed by atoms with van der Waals surface area (Å²) in [5.74, 6) is -0.111. The minimum atomic E-state index is -0.601. The summed E-state index contributed by atoms with van der Waals surface area (Å²) in [6.07, 6.45) is 0.326. The van der Waals surface area contributed by atoms with Crippen molar-refractivity contribution in [1.82, 2.24) is 19.8 Å². The van der Waals surface area contributed by atoms with Crippen LogP contribution in [0.25, 0.3) is 5.69 Å². The van der Waals surface area contributed by atoms with E-state index in [0.717, 1.165) is 5.56 Å². The number of carbonyl (C=O) groups is 2. The first-order chi connectivity index (χ1) is 20.0. The lowest BCUT2D eigenvalue weighted by Gasteiger charge is -2.35. The van der Waals surface area contributed by atoms with E-state index >= 15 is 0 Å². The largest absolute Gasteiger partial charge is 0.355 e. The van der Waals surface area contributed by atoms with E-state index in [0.29, 0.717) is 50.5 Å². The van der Waals surface area contributed by atoms with Gasteiger partial charge in [0.1, 0.15) is 0 Å². The molecule has 0 bridgehead atoms. The molecule has 0 aliphatic carbocycles. The minimum absolute atomic E-state index is 0.154. The number of amides is 2. The monoisotopic (exact) mass is 603 g/mol. The third kappa shape index (κ3) is 5.65. The molecular formula is C32H31Cl2N5O3. The molecule has 5 rings (SSSR count). The van der Waals surface area contributed by atoms with Crippen molar-refractivity contribution in [2.75, 3.05) is 12.4 Å². The minimum Gasteiger partial charge on any atom is -0.355 e. The highest BCUT2D eigenvalue weighted by Gasteiger charge is 2.33. The molecule has 2 heterocycles. The van der Waals surface area contributed by atoms with Crippen LogP contribution >= 0.6 is 23.2 Å². The summed E-state index contributed by atoms with van der Waals surface area (Å²) in [6.45, 7) is 6.08. The molecule has 42 heavy (non-hydrogen) atoms.